The van der Waals surface area contributed by atoms with E-state index in [2.05, 4.69) is 26.0 Å². The van der Waals surface area contributed by atoms with Gasteiger partial charge in [-0.1, -0.05) is 34.1 Å². The molecule has 0 aromatic heterocycles. The third-order valence-electron chi connectivity index (χ3n) is 3.74. The number of ether oxygens (including phenoxy) is 2. The van der Waals surface area contributed by atoms with Crippen molar-refractivity contribution in [2.45, 2.75) is 0 Å². The van der Waals surface area contributed by atoms with Crippen LogP contribution in [0.4, 0.5) is 10.5 Å². The number of imide groups is 1. The van der Waals surface area contributed by atoms with E-state index in [4.69, 9.17) is 4.74 Å². The van der Waals surface area contributed by atoms with Gasteiger partial charge in [0.2, 0.25) is 0 Å². The van der Waals surface area contributed by atoms with Crippen molar-refractivity contribution in [1.29, 1.82) is 0 Å². The highest BCUT2D eigenvalue weighted by molar-refractivity contribution is 9.10. The van der Waals surface area contributed by atoms with Crippen LogP contribution in [0.3, 0.4) is 0 Å². The van der Waals surface area contributed by atoms with Gasteiger partial charge in [-0.2, -0.15) is 0 Å². The Bertz CT molecular complexity index is 927. The summed E-state index contributed by atoms with van der Waals surface area (Å²) in [5.41, 5.74) is 1.09. The monoisotopic (exact) mass is 430 g/mol. The first-order chi connectivity index (χ1) is 13.0. The first kappa shape index (κ1) is 18.7. The van der Waals surface area contributed by atoms with Crippen LogP contribution in [0, 0.1) is 0 Å². The number of methoxy groups -OCH3 is 1. The number of halogens is 1. The van der Waals surface area contributed by atoms with Gasteiger partial charge in [-0.25, -0.2) is 14.5 Å². The minimum absolute atomic E-state index is 0.102. The SMILES string of the molecule is COC(=O)COc1ccc(Br)cc1/C=C1/NC(=O)N(c2ccccc2)C1=O. The molecule has 1 fully saturated rings. The molecule has 0 saturated carbocycles. The summed E-state index contributed by atoms with van der Waals surface area (Å²) >= 11 is 3.36. The Balaban J connectivity index is 1.90. The predicted molar refractivity (Wildman–Crippen MR) is 102 cm³/mol. The van der Waals surface area contributed by atoms with E-state index in [9.17, 15) is 14.4 Å². The van der Waals surface area contributed by atoms with Gasteiger partial charge < -0.3 is 14.8 Å². The van der Waals surface area contributed by atoms with Crippen molar-refractivity contribution in [3.63, 3.8) is 0 Å². The molecule has 2 aromatic carbocycles. The normalized spacial score (nSPS) is 15.0. The number of carbonyl (C=O) groups excluding carboxylic acids is 3. The minimum Gasteiger partial charge on any atom is -0.481 e. The molecule has 138 valence electrons. The van der Waals surface area contributed by atoms with Crippen molar-refractivity contribution in [3.05, 3.63) is 64.3 Å². The average molecular weight is 431 g/mol. The summed E-state index contributed by atoms with van der Waals surface area (Å²) in [6.45, 7) is -0.273. The Morgan fingerprint density at radius 3 is 2.63 bits per heavy atom. The molecule has 7 nitrogen and oxygen atoms in total. The molecule has 1 N–H and O–H groups in total. The van der Waals surface area contributed by atoms with Gasteiger partial charge >= 0.3 is 12.0 Å². The second-order valence-corrected chi connectivity index (χ2v) is 6.43. The predicted octanol–water partition coefficient (Wildman–Crippen LogP) is 3.10. The molecule has 0 radical (unpaired) electrons. The molecule has 8 heteroatoms. The molecule has 2 aromatic rings. The van der Waals surface area contributed by atoms with E-state index >= 15 is 0 Å². The zero-order valence-electron chi connectivity index (χ0n) is 14.3. The lowest BCUT2D eigenvalue weighted by Gasteiger charge is -2.11. The fourth-order valence-corrected chi connectivity index (χ4v) is 2.84. The number of esters is 1. The largest absolute Gasteiger partial charge is 0.481 e. The third kappa shape index (κ3) is 4.17. The van der Waals surface area contributed by atoms with Crippen molar-refractivity contribution in [3.8, 4) is 5.75 Å². The van der Waals surface area contributed by atoms with Crippen LogP contribution in [0.15, 0.2) is 58.7 Å². The molecular formula is C19H15BrN2O5. The van der Waals surface area contributed by atoms with E-state index in [1.807, 2.05) is 0 Å². The maximum absolute atomic E-state index is 12.7. The number of benzene rings is 2. The molecule has 3 rings (SSSR count). The minimum atomic E-state index is -0.538. The van der Waals surface area contributed by atoms with Gasteiger partial charge in [0.25, 0.3) is 5.91 Å². The molecule has 3 amide bonds. The summed E-state index contributed by atoms with van der Waals surface area (Å²) in [6.07, 6.45) is 1.50. The number of rotatable bonds is 5. The van der Waals surface area contributed by atoms with Crippen LogP contribution >= 0.6 is 15.9 Å². The summed E-state index contributed by atoms with van der Waals surface area (Å²) in [4.78, 5) is 37.3. The van der Waals surface area contributed by atoms with Gasteiger partial charge in [-0.15, -0.1) is 0 Å². The standard InChI is InChI=1S/C19H15BrN2O5/c1-26-17(23)11-27-16-8-7-13(20)9-12(16)10-15-18(24)22(19(25)21-15)14-5-3-2-4-6-14/h2-10H,11H2,1H3,(H,21,25)/b15-10+. The van der Waals surface area contributed by atoms with Crippen LogP contribution in [0.25, 0.3) is 6.08 Å². The molecule has 1 aliphatic rings. The zero-order valence-corrected chi connectivity index (χ0v) is 15.9. The lowest BCUT2D eigenvalue weighted by Crippen LogP contribution is -2.30. The van der Waals surface area contributed by atoms with Crippen LogP contribution in [0.1, 0.15) is 5.56 Å². The molecule has 0 unspecified atom stereocenters. The summed E-state index contributed by atoms with van der Waals surface area (Å²) in [5.74, 6) is -0.640. The van der Waals surface area contributed by atoms with E-state index in [1.165, 1.54) is 13.2 Å². The van der Waals surface area contributed by atoms with Gasteiger partial charge in [0.15, 0.2) is 6.61 Å². The van der Waals surface area contributed by atoms with E-state index in [1.54, 1.807) is 48.5 Å². The molecule has 0 bridgehead atoms. The molecule has 0 atom stereocenters. The van der Waals surface area contributed by atoms with Gasteiger partial charge in [0.1, 0.15) is 11.4 Å². The lowest BCUT2D eigenvalue weighted by molar-refractivity contribution is -0.142. The Kier molecular flexibility index (Phi) is 5.56. The number of nitrogens with zero attached hydrogens (tertiary/aromatic N) is 1. The van der Waals surface area contributed by atoms with Crippen molar-refractivity contribution >= 4 is 45.6 Å². The van der Waals surface area contributed by atoms with Crippen molar-refractivity contribution in [1.82, 2.24) is 5.32 Å². The number of urea groups is 1. The maximum atomic E-state index is 12.7. The van der Waals surface area contributed by atoms with Crippen molar-refractivity contribution in [2.24, 2.45) is 0 Å². The molecule has 0 aliphatic carbocycles. The Morgan fingerprint density at radius 1 is 1.19 bits per heavy atom. The van der Waals surface area contributed by atoms with E-state index in [0.717, 1.165) is 9.37 Å². The molecule has 27 heavy (non-hydrogen) atoms. The number of nitrogens with one attached hydrogen (secondary N) is 1. The Labute approximate surface area is 163 Å². The highest BCUT2D eigenvalue weighted by Crippen LogP contribution is 2.28. The quantitative estimate of drug-likeness (QED) is 0.447. The maximum Gasteiger partial charge on any atom is 0.343 e. The second kappa shape index (κ2) is 8.05. The van der Waals surface area contributed by atoms with Crippen LogP contribution in [0.2, 0.25) is 0 Å². The third-order valence-corrected chi connectivity index (χ3v) is 4.23. The van der Waals surface area contributed by atoms with Gasteiger partial charge in [-0.3, -0.25) is 4.79 Å². The first-order valence-corrected chi connectivity index (χ1v) is 8.70. The summed E-state index contributed by atoms with van der Waals surface area (Å²) < 4.78 is 10.8. The highest BCUT2D eigenvalue weighted by Gasteiger charge is 2.34. The molecule has 0 spiro atoms. The Morgan fingerprint density at radius 2 is 1.93 bits per heavy atom. The van der Waals surface area contributed by atoms with Gasteiger partial charge in [0, 0.05) is 10.0 Å². The highest BCUT2D eigenvalue weighted by atomic mass is 79.9. The summed E-state index contributed by atoms with van der Waals surface area (Å²) in [7, 11) is 1.26. The number of para-hydroxylation sites is 1. The average Bonchev–Trinajstić information content (AvgIpc) is 2.94. The topological polar surface area (TPSA) is 84.9 Å². The van der Waals surface area contributed by atoms with Gasteiger partial charge in [0.05, 0.1) is 12.8 Å². The summed E-state index contributed by atoms with van der Waals surface area (Å²) in [6, 6.07) is 13.2. The second-order valence-electron chi connectivity index (χ2n) is 5.51. The van der Waals surface area contributed by atoms with Gasteiger partial charge in [-0.05, 0) is 36.4 Å². The van der Waals surface area contributed by atoms with E-state index in [0.29, 0.717) is 17.0 Å². The summed E-state index contributed by atoms with van der Waals surface area (Å²) in [5, 5.41) is 2.56. The zero-order chi connectivity index (χ0) is 19.4. The fraction of sp³-hybridized carbons (Fsp3) is 0.105. The van der Waals surface area contributed by atoms with Crippen LogP contribution in [-0.4, -0.2) is 31.6 Å². The molecule has 1 heterocycles. The fourth-order valence-electron chi connectivity index (χ4n) is 2.46. The molecule has 1 saturated heterocycles. The number of hydrogen-bond donors (Lipinski definition) is 1. The number of carbonyl (C=O) groups is 3. The molecular weight excluding hydrogens is 416 g/mol. The van der Waals surface area contributed by atoms with Crippen LogP contribution < -0.4 is 15.0 Å². The Hall–Kier alpha value is -3.13. The smallest absolute Gasteiger partial charge is 0.343 e. The van der Waals surface area contributed by atoms with Crippen molar-refractivity contribution in [2.75, 3.05) is 18.6 Å². The molecule has 1 aliphatic heterocycles. The number of anilines is 1. The van der Waals surface area contributed by atoms with E-state index in [-0.39, 0.29) is 12.3 Å². The van der Waals surface area contributed by atoms with Crippen molar-refractivity contribution < 1.29 is 23.9 Å². The van der Waals surface area contributed by atoms with Crippen LogP contribution in [-0.2, 0) is 14.3 Å². The first-order valence-electron chi connectivity index (χ1n) is 7.91. The van der Waals surface area contributed by atoms with Crippen LogP contribution in [0.5, 0.6) is 5.75 Å². The number of hydrogen-bond acceptors (Lipinski definition) is 5. The lowest BCUT2D eigenvalue weighted by atomic mass is 10.1. The van der Waals surface area contributed by atoms with E-state index < -0.39 is 17.9 Å². The number of amides is 3.